The fraction of sp³-hybridized carbons (Fsp3) is 0.200. The fourth-order valence-corrected chi connectivity index (χ4v) is 5.66. The Morgan fingerprint density at radius 1 is 1.17 bits per heavy atom. The highest BCUT2D eigenvalue weighted by molar-refractivity contribution is 7.89. The van der Waals surface area contributed by atoms with Crippen LogP contribution in [-0.4, -0.2) is 36.7 Å². The molecule has 0 bridgehead atoms. The van der Waals surface area contributed by atoms with E-state index in [1.807, 2.05) is 0 Å². The Kier molecular flexibility index (Phi) is 5.88. The molecule has 10 heteroatoms. The van der Waals surface area contributed by atoms with Gasteiger partial charge in [0.1, 0.15) is 5.82 Å². The number of carbonyl (C=O) groups excluding carboxylic acids is 1. The first-order valence-electron chi connectivity index (χ1n) is 9.18. The summed E-state index contributed by atoms with van der Waals surface area (Å²) in [7, 11) is -3.68. The number of hydrogen-bond acceptors (Lipinski definition) is 5. The lowest BCUT2D eigenvalue weighted by Gasteiger charge is -2.16. The van der Waals surface area contributed by atoms with Crippen molar-refractivity contribution in [3.05, 3.63) is 64.2 Å². The first kappa shape index (κ1) is 20.9. The molecule has 0 aliphatic carbocycles. The van der Waals surface area contributed by atoms with Gasteiger partial charge in [-0.2, -0.15) is 4.31 Å². The predicted octanol–water partition coefficient (Wildman–Crippen LogP) is 4.64. The third-order valence-corrected chi connectivity index (χ3v) is 7.74. The molecule has 0 atom stereocenters. The zero-order valence-corrected chi connectivity index (χ0v) is 18.0. The molecule has 1 fully saturated rings. The SMILES string of the molecule is O=C(Nc1nc(-c2ccccc2F)cs1)c1cc(S(=O)(=O)N2CCCC2)ccc1Cl. The van der Waals surface area contributed by atoms with Crippen LogP contribution in [0.2, 0.25) is 5.02 Å². The van der Waals surface area contributed by atoms with Gasteiger partial charge in [0.05, 0.1) is 21.2 Å². The molecule has 156 valence electrons. The summed E-state index contributed by atoms with van der Waals surface area (Å²) in [5.74, 6) is -1.00. The lowest BCUT2D eigenvalue weighted by molar-refractivity contribution is 0.102. The Labute approximate surface area is 182 Å². The number of sulfonamides is 1. The fourth-order valence-electron chi connectivity index (χ4n) is 3.20. The van der Waals surface area contributed by atoms with Crippen LogP contribution in [0.25, 0.3) is 11.3 Å². The van der Waals surface area contributed by atoms with Crippen LogP contribution in [0.5, 0.6) is 0 Å². The normalized spacial score (nSPS) is 14.7. The highest BCUT2D eigenvalue weighted by Crippen LogP contribution is 2.29. The number of halogens is 2. The van der Waals surface area contributed by atoms with E-state index in [0.717, 1.165) is 24.2 Å². The van der Waals surface area contributed by atoms with Crippen molar-refractivity contribution >= 4 is 44.0 Å². The summed E-state index contributed by atoms with van der Waals surface area (Å²) in [6.07, 6.45) is 1.63. The molecule has 4 rings (SSSR count). The smallest absolute Gasteiger partial charge is 0.259 e. The first-order chi connectivity index (χ1) is 14.4. The summed E-state index contributed by atoms with van der Waals surface area (Å²) in [5, 5.41) is 4.61. The molecule has 0 saturated carbocycles. The van der Waals surface area contributed by atoms with Gasteiger partial charge in [0.25, 0.3) is 5.91 Å². The molecule has 1 amide bonds. The zero-order chi connectivity index (χ0) is 21.3. The van der Waals surface area contributed by atoms with E-state index in [-0.39, 0.29) is 20.6 Å². The molecule has 6 nitrogen and oxygen atoms in total. The summed E-state index contributed by atoms with van der Waals surface area (Å²) < 4.78 is 40.9. The molecule has 2 heterocycles. The lowest BCUT2D eigenvalue weighted by Crippen LogP contribution is -2.28. The van der Waals surface area contributed by atoms with E-state index in [9.17, 15) is 17.6 Å². The topological polar surface area (TPSA) is 79.4 Å². The number of benzene rings is 2. The van der Waals surface area contributed by atoms with Gasteiger partial charge < -0.3 is 0 Å². The van der Waals surface area contributed by atoms with Gasteiger partial charge in [0.15, 0.2) is 5.13 Å². The lowest BCUT2D eigenvalue weighted by atomic mass is 10.2. The number of nitrogens with zero attached hydrogens (tertiary/aromatic N) is 2. The van der Waals surface area contributed by atoms with Crippen LogP contribution >= 0.6 is 22.9 Å². The number of nitrogens with one attached hydrogen (secondary N) is 1. The van der Waals surface area contributed by atoms with Gasteiger partial charge in [-0.3, -0.25) is 10.1 Å². The van der Waals surface area contributed by atoms with E-state index in [2.05, 4.69) is 10.3 Å². The van der Waals surface area contributed by atoms with Crippen LogP contribution in [0.3, 0.4) is 0 Å². The minimum absolute atomic E-state index is 0.0186. The third-order valence-electron chi connectivity index (χ3n) is 4.76. The standard InChI is InChI=1S/C20H17ClFN3O3S2/c21-16-8-7-13(30(27,28)25-9-3-4-10-25)11-15(16)19(26)24-20-23-18(12-29-20)14-5-1-2-6-17(14)22/h1-2,5-8,11-12H,3-4,9-10H2,(H,23,24,26). The first-order valence-corrected chi connectivity index (χ1v) is 11.9. The molecule has 2 aromatic carbocycles. The van der Waals surface area contributed by atoms with Crippen molar-refractivity contribution in [2.24, 2.45) is 0 Å². The van der Waals surface area contributed by atoms with Crippen molar-refractivity contribution in [1.82, 2.24) is 9.29 Å². The van der Waals surface area contributed by atoms with E-state index in [4.69, 9.17) is 11.6 Å². The number of anilines is 1. The number of thiazole rings is 1. The van der Waals surface area contributed by atoms with Crippen LogP contribution in [0.1, 0.15) is 23.2 Å². The Hall–Kier alpha value is -2.33. The van der Waals surface area contributed by atoms with Crippen molar-refractivity contribution in [2.45, 2.75) is 17.7 Å². The highest BCUT2D eigenvalue weighted by atomic mass is 35.5. The molecular formula is C20H17ClFN3O3S2. The van der Waals surface area contributed by atoms with Gasteiger partial charge in [0, 0.05) is 24.0 Å². The van der Waals surface area contributed by atoms with Crippen molar-refractivity contribution in [3.8, 4) is 11.3 Å². The minimum atomic E-state index is -3.68. The van der Waals surface area contributed by atoms with Gasteiger partial charge in [-0.05, 0) is 43.2 Å². The molecule has 1 aliphatic heterocycles. The average molecular weight is 466 g/mol. The maximum absolute atomic E-state index is 13.9. The number of carbonyl (C=O) groups is 1. The number of amides is 1. The molecule has 1 saturated heterocycles. The Bertz CT molecular complexity index is 1210. The molecule has 1 aliphatic rings. The van der Waals surface area contributed by atoms with E-state index in [0.29, 0.717) is 24.3 Å². The van der Waals surface area contributed by atoms with E-state index in [1.165, 1.54) is 28.6 Å². The average Bonchev–Trinajstić information content (AvgIpc) is 3.41. The summed E-state index contributed by atoms with van der Waals surface area (Å²) in [5.41, 5.74) is 0.746. The summed E-state index contributed by atoms with van der Waals surface area (Å²) in [6.45, 7) is 0.925. The van der Waals surface area contributed by atoms with E-state index in [1.54, 1.807) is 23.6 Å². The summed E-state index contributed by atoms with van der Waals surface area (Å²) in [4.78, 5) is 17.0. The number of hydrogen-bond donors (Lipinski definition) is 1. The highest BCUT2D eigenvalue weighted by Gasteiger charge is 2.28. The Balaban J connectivity index is 1.58. The van der Waals surface area contributed by atoms with Crippen LogP contribution in [-0.2, 0) is 10.0 Å². The molecule has 0 unspecified atom stereocenters. The van der Waals surface area contributed by atoms with Gasteiger partial charge in [-0.25, -0.2) is 17.8 Å². The van der Waals surface area contributed by atoms with Crippen molar-refractivity contribution in [2.75, 3.05) is 18.4 Å². The second-order valence-electron chi connectivity index (χ2n) is 6.72. The third kappa shape index (κ3) is 4.11. The second-order valence-corrected chi connectivity index (χ2v) is 9.93. The molecule has 3 aromatic rings. The van der Waals surface area contributed by atoms with E-state index >= 15 is 0 Å². The Morgan fingerprint density at radius 3 is 2.63 bits per heavy atom. The molecule has 0 spiro atoms. The molecular weight excluding hydrogens is 449 g/mol. The predicted molar refractivity (Wildman–Crippen MR) is 115 cm³/mol. The summed E-state index contributed by atoms with van der Waals surface area (Å²) >= 11 is 7.29. The van der Waals surface area contributed by atoms with Gasteiger partial charge in [-0.15, -0.1) is 11.3 Å². The van der Waals surface area contributed by atoms with Crippen molar-refractivity contribution in [3.63, 3.8) is 0 Å². The summed E-state index contributed by atoms with van der Waals surface area (Å²) in [6, 6.07) is 10.3. The van der Waals surface area contributed by atoms with Crippen LogP contribution in [0.15, 0.2) is 52.7 Å². The van der Waals surface area contributed by atoms with Crippen LogP contribution < -0.4 is 5.32 Å². The monoisotopic (exact) mass is 465 g/mol. The van der Waals surface area contributed by atoms with Gasteiger partial charge >= 0.3 is 0 Å². The molecule has 1 N–H and O–H groups in total. The number of rotatable bonds is 5. The maximum Gasteiger partial charge on any atom is 0.259 e. The second kappa shape index (κ2) is 8.43. The Morgan fingerprint density at radius 2 is 1.90 bits per heavy atom. The molecule has 0 radical (unpaired) electrons. The quantitative estimate of drug-likeness (QED) is 0.595. The van der Waals surface area contributed by atoms with E-state index < -0.39 is 21.7 Å². The maximum atomic E-state index is 13.9. The molecule has 30 heavy (non-hydrogen) atoms. The van der Waals surface area contributed by atoms with Crippen LogP contribution in [0, 0.1) is 5.82 Å². The van der Waals surface area contributed by atoms with Gasteiger partial charge in [-0.1, -0.05) is 23.7 Å². The van der Waals surface area contributed by atoms with Crippen molar-refractivity contribution < 1.29 is 17.6 Å². The molecule has 1 aromatic heterocycles. The van der Waals surface area contributed by atoms with Crippen LogP contribution in [0.4, 0.5) is 9.52 Å². The zero-order valence-electron chi connectivity index (χ0n) is 15.6. The largest absolute Gasteiger partial charge is 0.298 e. The van der Waals surface area contributed by atoms with Crippen molar-refractivity contribution in [1.29, 1.82) is 0 Å². The minimum Gasteiger partial charge on any atom is -0.298 e. The number of aromatic nitrogens is 1. The van der Waals surface area contributed by atoms with Gasteiger partial charge in [0.2, 0.25) is 10.0 Å².